The average Bonchev–Trinajstić information content (AvgIpc) is 3.70. The minimum Gasteiger partial charge on any atom is -0.431 e. The molecule has 0 unspecified atom stereocenters. The number of thioether (sulfide) groups is 1. The van der Waals surface area contributed by atoms with E-state index in [4.69, 9.17) is 24.6 Å². The van der Waals surface area contributed by atoms with Crippen LogP contribution in [0.2, 0.25) is 0 Å². The van der Waals surface area contributed by atoms with E-state index in [0.29, 0.717) is 61.0 Å². The van der Waals surface area contributed by atoms with Gasteiger partial charge >= 0.3 is 0 Å². The van der Waals surface area contributed by atoms with Crippen LogP contribution in [-0.4, -0.2) is 33.8 Å². The zero-order valence-corrected chi connectivity index (χ0v) is 32.3. The van der Waals surface area contributed by atoms with Gasteiger partial charge in [-0.05, 0) is 41.7 Å². The first kappa shape index (κ1) is 39.5. The second-order valence-corrected chi connectivity index (χ2v) is 14.9. The lowest BCUT2D eigenvalue weighted by molar-refractivity contribution is -0.245. The summed E-state index contributed by atoms with van der Waals surface area (Å²) in [5, 5.41) is 16.0. The number of aliphatic hydroxyl groups is 1. The largest absolute Gasteiger partial charge is 0.431 e. The summed E-state index contributed by atoms with van der Waals surface area (Å²) >= 11 is 1.52. The molecular formula is C46H46N4O6S. The van der Waals surface area contributed by atoms with Crippen LogP contribution in [0.15, 0.2) is 143 Å². The van der Waals surface area contributed by atoms with Gasteiger partial charge in [0.15, 0.2) is 12.1 Å². The number of oxazole rings is 1. The first-order valence-corrected chi connectivity index (χ1v) is 20.2. The number of amides is 2. The molecule has 1 saturated heterocycles. The summed E-state index contributed by atoms with van der Waals surface area (Å²) in [6.07, 6.45) is 1.39. The van der Waals surface area contributed by atoms with Gasteiger partial charge in [-0.3, -0.25) is 9.59 Å². The van der Waals surface area contributed by atoms with Crippen LogP contribution in [0.1, 0.15) is 66.8 Å². The number of hydrogen-bond donors (Lipinski definition) is 4. The number of rotatable bonds is 16. The molecule has 0 bridgehead atoms. The molecule has 7 rings (SSSR count). The quantitative estimate of drug-likeness (QED) is 0.0428. The third-order valence-corrected chi connectivity index (χ3v) is 10.7. The van der Waals surface area contributed by atoms with Crippen molar-refractivity contribution in [3.63, 3.8) is 0 Å². The summed E-state index contributed by atoms with van der Waals surface area (Å²) in [5.41, 5.74) is 13.4. The van der Waals surface area contributed by atoms with Gasteiger partial charge < -0.3 is 35.4 Å². The van der Waals surface area contributed by atoms with Gasteiger partial charge in [-0.1, -0.05) is 133 Å². The van der Waals surface area contributed by atoms with Gasteiger partial charge in [0.2, 0.25) is 11.8 Å². The molecule has 2 heterocycles. The molecule has 0 spiro atoms. The number of nitrogens with two attached hydrogens (primary N) is 1. The van der Waals surface area contributed by atoms with E-state index in [2.05, 4.69) is 10.6 Å². The maximum Gasteiger partial charge on any atom is 0.256 e. The van der Waals surface area contributed by atoms with Crippen molar-refractivity contribution in [3.05, 3.63) is 156 Å². The number of anilines is 2. The molecule has 0 saturated carbocycles. The molecule has 1 aromatic heterocycles. The minimum absolute atomic E-state index is 0.0279. The molecule has 5 aromatic carbocycles. The van der Waals surface area contributed by atoms with E-state index in [-0.39, 0.29) is 30.6 Å². The number of carbonyl (C=O) groups excluding carboxylic acids is 2. The molecule has 11 heteroatoms. The van der Waals surface area contributed by atoms with E-state index in [1.54, 1.807) is 12.1 Å². The van der Waals surface area contributed by atoms with E-state index >= 15 is 0 Å². The lowest BCUT2D eigenvalue weighted by Crippen LogP contribution is -2.31. The zero-order valence-electron chi connectivity index (χ0n) is 31.5. The molecule has 1 fully saturated rings. The topological polar surface area (TPSA) is 149 Å². The number of aromatic nitrogens is 1. The fourth-order valence-electron chi connectivity index (χ4n) is 6.60. The summed E-state index contributed by atoms with van der Waals surface area (Å²) < 4.78 is 19.6. The molecule has 3 atom stereocenters. The molecule has 6 aromatic rings. The molecule has 2 amide bonds. The fraction of sp³-hybridized carbons (Fsp3) is 0.239. The minimum atomic E-state index is -0.629. The second kappa shape index (κ2) is 19.4. The number of nitrogens with one attached hydrogen (secondary N) is 2. The lowest BCUT2D eigenvalue weighted by Gasteiger charge is -2.36. The number of benzene rings is 5. The van der Waals surface area contributed by atoms with Crippen molar-refractivity contribution in [2.45, 2.75) is 69.0 Å². The zero-order chi connectivity index (χ0) is 39.4. The van der Waals surface area contributed by atoms with Crippen molar-refractivity contribution in [2.75, 3.05) is 16.8 Å². The van der Waals surface area contributed by atoms with E-state index in [9.17, 15) is 14.7 Å². The summed E-state index contributed by atoms with van der Waals surface area (Å²) in [6, 6.07) is 42.9. The second-order valence-electron chi connectivity index (χ2n) is 13.9. The SMILES string of the molecule is Nc1ccccc1NC(=O)CCCCC(=O)NCc1ccc([C@H]2O[C@@H](CSc3nc(-c4ccccc4)c(-c4ccccc4)o3)C[C@@H](c3ccc(CO)cc3)O2)cc1. The third kappa shape index (κ3) is 10.8. The smallest absolute Gasteiger partial charge is 0.256 e. The van der Waals surface area contributed by atoms with Crippen LogP contribution in [0.5, 0.6) is 0 Å². The van der Waals surface area contributed by atoms with Crippen LogP contribution < -0.4 is 16.4 Å². The maximum absolute atomic E-state index is 12.6. The number of nitrogens with zero attached hydrogens (tertiary/aromatic N) is 1. The first-order chi connectivity index (χ1) is 27.9. The highest BCUT2D eigenvalue weighted by Gasteiger charge is 2.33. The van der Waals surface area contributed by atoms with Crippen LogP contribution in [0.4, 0.5) is 11.4 Å². The van der Waals surface area contributed by atoms with Crippen molar-refractivity contribution >= 4 is 35.0 Å². The van der Waals surface area contributed by atoms with Crippen molar-refractivity contribution in [2.24, 2.45) is 0 Å². The Morgan fingerprint density at radius 1 is 0.737 bits per heavy atom. The predicted octanol–water partition coefficient (Wildman–Crippen LogP) is 9.24. The predicted molar refractivity (Wildman–Crippen MR) is 223 cm³/mol. The average molecular weight is 783 g/mol. The highest BCUT2D eigenvalue weighted by atomic mass is 32.2. The van der Waals surface area contributed by atoms with Gasteiger partial charge in [0.25, 0.3) is 5.22 Å². The summed E-state index contributed by atoms with van der Waals surface area (Å²) in [7, 11) is 0. The van der Waals surface area contributed by atoms with Crippen LogP contribution in [-0.2, 0) is 32.2 Å². The normalized spacial score (nSPS) is 16.5. The molecule has 57 heavy (non-hydrogen) atoms. The molecule has 292 valence electrons. The Morgan fingerprint density at radius 2 is 1.37 bits per heavy atom. The molecule has 1 aliphatic rings. The van der Waals surface area contributed by atoms with Crippen molar-refractivity contribution in [3.8, 4) is 22.6 Å². The van der Waals surface area contributed by atoms with Gasteiger partial charge in [0.1, 0.15) is 5.69 Å². The molecule has 5 N–H and O–H groups in total. The van der Waals surface area contributed by atoms with Gasteiger partial charge in [-0.15, -0.1) is 0 Å². The number of carbonyl (C=O) groups is 2. The van der Waals surface area contributed by atoms with Crippen molar-refractivity contribution < 1.29 is 28.6 Å². The monoisotopic (exact) mass is 782 g/mol. The summed E-state index contributed by atoms with van der Waals surface area (Å²) in [4.78, 5) is 29.8. The number of ether oxygens (including phenoxy) is 2. The van der Waals surface area contributed by atoms with Gasteiger partial charge in [-0.2, -0.15) is 0 Å². The maximum atomic E-state index is 12.6. The Kier molecular flexibility index (Phi) is 13.5. The van der Waals surface area contributed by atoms with E-state index < -0.39 is 6.29 Å². The number of aliphatic hydroxyl groups excluding tert-OH is 1. The molecule has 0 radical (unpaired) electrons. The first-order valence-electron chi connectivity index (χ1n) is 19.2. The van der Waals surface area contributed by atoms with E-state index in [1.165, 1.54) is 11.8 Å². The summed E-state index contributed by atoms with van der Waals surface area (Å²) in [5.74, 6) is 1.12. The van der Waals surface area contributed by atoms with Crippen molar-refractivity contribution in [1.29, 1.82) is 0 Å². The summed E-state index contributed by atoms with van der Waals surface area (Å²) in [6.45, 7) is 0.352. The fourth-order valence-corrected chi connectivity index (χ4v) is 7.44. The van der Waals surface area contributed by atoms with Gasteiger partial charge in [0.05, 0.1) is 30.2 Å². The number of unbranched alkanes of at least 4 members (excludes halogenated alkanes) is 1. The number of para-hydroxylation sites is 2. The van der Waals surface area contributed by atoms with Crippen LogP contribution in [0.3, 0.4) is 0 Å². The Bertz CT molecular complexity index is 2160. The molecule has 10 nitrogen and oxygen atoms in total. The Balaban J connectivity index is 0.961. The molecular weight excluding hydrogens is 737 g/mol. The number of nitrogen functional groups attached to an aromatic ring is 1. The molecule has 1 aliphatic heterocycles. The lowest BCUT2D eigenvalue weighted by atomic mass is 10.0. The van der Waals surface area contributed by atoms with E-state index in [0.717, 1.165) is 44.8 Å². The van der Waals surface area contributed by atoms with E-state index in [1.807, 2.05) is 121 Å². The third-order valence-electron chi connectivity index (χ3n) is 9.73. The molecule has 0 aliphatic carbocycles. The number of hydrogen-bond acceptors (Lipinski definition) is 9. The van der Waals surface area contributed by atoms with Crippen LogP contribution in [0, 0.1) is 0 Å². The Morgan fingerprint density at radius 3 is 2.07 bits per heavy atom. The van der Waals surface area contributed by atoms with Gasteiger partial charge in [-0.25, -0.2) is 4.98 Å². The standard InChI is InChI=1S/C46H46N4O6S/c47-38-15-7-8-16-39(38)49-42(53)18-10-9-17-41(52)48-28-31-19-25-36(26-20-31)45-54-37(27-40(55-45)33-23-21-32(29-51)22-24-33)30-57-46-50-43(34-11-3-1-4-12-34)44(56-46)35-13-5-2-6-14-35/h1-8,11-16,19-26,37,40,45,51H,9-10,17-18,27-30,47H2,(H,48,52)(H,49,53)/t37-,40+,45+/m1/s1. The highest BCUT2D eigenvalue weighted by molar-refractivity contribution is 7.99. The Labute approximate surface area is 336 Å². The van der Waals surface area contributed by atoms with Gasteiger partial charge in [0, 0.05) is 48.3 Å². The Hall–Kier alpha value is -5.72. The highest BCUT2D eigenvalue weighted by Crippen LogP contribution is 2.41. The van der Waals surface area contributed by atoms with Crippen LogP contribution in [0.25, 0.3) is 22.6 Å². The van der Waals surface area contributed by atoms with Crippen molar-refractivity contribution in [1.82, 2.24) is 10.3 Å². The van der Waals surface area contributed by atoms with Crippen LogP contribution >= 0.6 is 11.8 Å².